The Morgan fingerprint density at radius 1 is 0.962 bits per heavy atom. The molecule has 0 aliphatic heterocycles. The highest BCUT2D eigenvalue weighted by atomic mass is 35.5. The molecule has 0 aromatic heterocycles. The maximum Gasteiger partial charge on any atom is 0.374 e. The third-order valence-corrected chi connectivity index (χ3v) is 5.13. The molecule has 1 fully saturated rings. The van der Waals surface area contributed by atoms with E-state index in [4.69, 9.17) is 16.3 Å². The van der Waals surface area contributed by atoms with Gasteiger partial charge in [-0.25, -0.2) is 4.79 Å². The Morgan fingerprint density at radius 2 is 1.65 bits per heavy atom. The largest absolute Gasteiger partial charge is 0.457 e. The van der Waals surface area contributed by atoms with E-state index in [-0.39, 0.29) is 18.4 Å². The average Bonchev–Trinajstić information content (AvgIpc) is 2.67. The van der Waals surface area contributed by atoms with Gasteiger partial charge in [-0.05, 0) is 48.9 Å². The number of benzene rings is 2. The van der Waals surface area contributed by atoms with E-state index in [1.54, 1.807) is 6.07 Å². The predicted molar refractivity (Wildman–Crippen MR) is 102 cm³/mol. The van der Waals surface area contributed by atoms with Gasteiger partial charge in [0, 0.05) is 17.4 Å². The molecule has 0 amide bonds. The van der Waals surface area contributed by atoms with Gasteiger partial charge in [-0.2, -0.15) is 0 Å². The van der Waals surface area contributed by atoms with E-state index in [0.717, 1.165) is 36.8 Å². The molecule has 0 N–H and O–H groups in total. The lowest BCUT2D eigenvalue weighted by atomic mass is 9.87. The highest BCUT2D eigenvalue weighted by molar-refractivity contribution is 6.34. The molecule has 136 valence electrons. The second-order valence-corrected chi connectivity index (χ2v) is 7.25. The first-order chi connectivity index (χ1) is 12.6. The van der Waals surface area contributed by atoms with Crippen molar-refractivity contribution in [3.05, 3.63) is 70.7 Å². The number of rotatable bonds is 6. The van der Waals surface area contributed by atoms with E-state index in [9.17, 15) is 9.59 Å². The van der Waals surface area contributed by atoms with Crippen LogP contribution in [0.2, 0.25) is 5.02 Å². The molecule has 1 atom stereocenters. The SMILES string of the molecule is O=C(CC(c1ccccc1)c1cccc(Cl)c1)C(=O)OC1CCCCC1. The zero-order valence-electron chi connectivity index (χ0n) is 14.7. The van der Waals surface area contributed by atoms with Gasteiger partial charge in [-0.1, -0.05) is 60.5 Å². The summed E-state index contributed by atoms with van der Waals surface area (Å²) >= 11 is 6.13. The highest BCUT2D eigenvalue weighted by Crippen LogP contribution is 2.30. The van der Waals surface area contributed by atoms with Crippen LogP contribution in [0.1, 0.15) is 55.6 Å². The lowest BCUT2D eigenvalue weighted by Crippen LogP contribution is -2.27. The van der Waals surface area contributed by atoms with Crippen molar-refractivity contribution >= 4 is 23.4 Å². The molecular formula is C22H23ClO3. The number of esters is 1. The quantitative estimate of drug-likeness (QED) is 0.511. The highest BCUT2D eigenvalue weighted by Gasteiger charge is 2.26. The third-order valence-electron chi connectivity index (χ3n) is 4.90. The van der Waals surface area contributed by atoms with Crippen LogP contribution in [-0.4, -0.2) is 17.9 Å². The fraction of sp³-hybridized carbons (Fsp3) is 0.364. The van der Waals surface area contributed by atoms with Crippen molar-refractivity contribution < 1.29 is 14.3 Å². The van der Waals surface area contributed by atoms with Crippen LogP contribution in [0.3, 0.4) is 0 Å². The Hall–Kier alpha value is -2.13. The average molecular weight is 371 g/mol. The molecule has 1 unspecified atom stereocenters. The molecule has 0 radical (unpaired) electrons. The Bertz CT molecular complexity index is 751. The van der Waals surface area contributed by atoms with Gasteiger partial charge < -0.3 is 4.74 Å². The molecule has 0 heterocycles. The number of ketones is 1. The summed E-state index contributed by atoms with van der Waals surface area (Å²) in [6.45, 7) is 0. The normalized spacial score (nSPS) is 16.0. The van der Waals surface area contributed by atoms with Crippen molar-refractivity contribution in [2.24, 2.45) is 0 Å². The van der Waals surface area contributed by atoms with Gasteiger partial charge in [-0.15, -0.1) is 0 Å². The number of ether oxygens (including phenoxy) is 1. The number of Topliss-reactive ketones (excluding diaryl/α,β-unsaturated/α-hetero) is 1. The minimum atomic E-state index is -0.708. The molecule has 1 aliphatic rings. The number of halogens is 1. The van der Waals surface area contributed by atoms with Crippen LogP contribution >= 0.6 is 11.6 Å². The van der Waals surface area contributed by atoms with Gasteiger partial charge >= 0.3 is 5.97 Å². The van der Waals surface area contributed by atoms with Gasteiger partial charge in [-0.3, -0.25) is 4.79 Å². The maximum absolute atomic E-state index is 12.6. The molecule has 1 saturated carbocycles. The van der Waals surface area contributed by atoms with E-state index >= 15 is 0 Å². The summed E-state index contributed by atoms with van der Waals surface area (Å²) in [5.74, 6) is -1.41. The molecule has 3 nitrogen and oxygen atoms in total. The van der Waals surface area contributed by atoms with E-state index < -0.39 is 11.8 Å². The summed E-state index contributed by atoms with van der Waals surface area (Å²) in [6.07, 6.45) is 4.97. The summed E-state index contributed by atoms with van der Waals surface area (Å²) in [5.41, 5.74) is 1.90. The maximum atomic E-state index is 12.6. The second kappa shape index (κ2) is 9.00. The lowest BCUT2D eigenvalue weighted by Gasteiger charge is -2.22. The molecule has 1 aliphatic carbocycles. The van der Waals surface area contributed by atoms with Crippen LogP contribution < -0.4 is 0 Å². The monoisotopic (exact) mass is 370 g/mol. The van der Waals surface area contributed by atoms with Gasteiger partial charge in [0.15, 0.2) is 0 Å². The first-order valence-corrected chi connectivity index (χ1v) is 9.55. The fourth-order valence-corrected chi connectivity index (χ4v) is 3.70. The summed E-state index contributed by atoms with van der Waals surface area (Å²) in [6, 6.07) is 17.1. The standard InChI is InChI=1S/C22H23ClO3/c23-18-11-7-10-17(14-18)20(16-8-3-1-4-9-16)15-21(24)22(25)26-19-12-5-2-6-13-19/h1,3-4,7-11,14,19-20H,2,5-6,12-13,15H2. The topological polar surface area (TPSA) is 43.4 Å². The third kappa shape index (κ3) is 4.95. The van der Waals surface area contributed by atoms with Crippen molar-refractivity contribution in [2.75, 3.05) is 0 Å². The van der Waals surface area contributed by atoms with Crippen LogP contribution in [0.25, 0.3) is 0 Å². The minimum absolute atomic E-state index is 0.0793. The summed E-state index contributed by atoms with van der Waals surface area (Å²) in [5, 5.41) is 0.612. The molecule has 4 heteroatoms. The van der Waals surface area contributed by atoms with E-state index in [1.165, 1.54) is 6.42 Å². The summed E-state index contributed by atoms with van der Waals surface area (Å²) < 4.78 is 5.43. The van der Waals surface area contributed by atoms with Crippen LogP contribution in [0, 0.1) is 0 Å². The molecule has 2 aromatic rings. The molecule has 2 aromatic carbocycles. The second-order valence-electron chi connectivity index (χ2n) is 6.81. The lowest BCUT2D eigenvalue weighted by molar-refractivity contribution is -0.159. The molecule has 3 rings (SSSR count). The van der Waals surface area contributed by atoms with Crippen molar-refractivity contribution in [1.82, 2.24) is 0 Å². The zero-order valence-corrected chi connectivity index (χ0v) is 15.5. The van der Waals surface area contributed by atoms with Crippen LogP contribution in [0.4, 0.5) is 0 Å². The van der Waals surface area contributed by atoms with Crippen LogP contribution in [0.15, 0.2) is 54.6 Å². The first-order valence-electron chi connectivity index (χ1n) is 9.17. The Labute approximate surface area is 159 Å². The smallest absolute Gasteiger partial charge is 0.374 e. The summed E-state index contributed by atoms with van der Waals surface area (Å²) in [7, 11) is 0. The Kier molecular flexibility index (Phi) is 6.45. The van der Waals surface area contributed by atoms with Gasteiger partial charge in [0.25, 0.3) is 0 Å². The minimum Gasteiger partial charge on any atom is -0.457 e. The Balaban J connectivity index is 1.74. The van der Waals surface area contributed by atoms with Gasteiger partial charge in [0.2, 0.25) is 5.78 Å². The van der Waals surface area contributed by atoms with E-state index in [1.807, 2.05) is 48.5 Å². The predicted octanol–water partition coefficient (Wildman–Crippen LogP) is 5.31. The van der Waals surface area contributed by atoms with Gasteiger partial charge in [0.1, 0.15) is 6.10 Å². The number of carbonyl (C=O) groups excluding carboxylic acids is 2. The number of carbonyl (C=O) groups is 2. The molecule has 0 saturated heterocycles. The van der Waals surface area contributed by atoms with Crippen molar-refractivity contribution in [3.63, 3.8) is 0 Å². The van der Waals surface area contributed by atoms with Crippen molar-refractivity contribution in [3.8, 4) is 0 Å². The molecular weight excluding hydrogens is 348 g/mol. The Morgan fingerprint density at radius 3 is 2.35 bits per heavy atom. The molecule has 26 heavy (non-hydrogen) atoms. The fourth-order valence-electron chi connectivity index (χ4n) is 3.51. The zero-order chi connectivity index (χ0) is 18.4. The van der Waals surface area contributed by atoms with Crippen LogP contribution in [-0.2, 0) is 14.3 Å². The van der Waals surface area contributed by atoms with E-state index in [0.29, 0.717) is 5.02 Å². The number of hydrogen-bond acceptors (Lipinski definition) is 3. The summed E-state index contributed by atoms with van der Waals surface area (Å²) in [4.78, 5) is 24.8. The van der Waals surface area contributed by atoms with E-state index in [2.05, 4.69) is 0 Å². The van der Waals surface area contributed by atoms with Crippen LogP contribution in [0.5, 0.6) is 0 Å². The first kappa shape index (κ1) is 18.7. The number of hydrogen-bond donors (Lipinski definition) is 0. The molecule has 0 spiro atoms. The van der Waals surface area contributed by atoms with Crippen molar-refractivity contribution in [2.45, 2.75) is 50.5 Å². The van der Waals surface area contributed by atoms with Crippen molar-refractivity contribution in [1.29, 1.82) is 0 Å². The molecule has 0 bridgehead atoms. The van der Waals surface area contributed by atoms with Gasteiger partial charge in [0.05, 0.1) is 0 Å².